The number of nitrogens with zero attached hydrogens (tertiary/aromatic N) is 3. The lowest BCUT2D eigenvalue weighted by molar-refractivity contribution is 0.386. The molecule has 0 amide bonds. The van der Waals surface area contributed by atoms with Gasteiger partial charge in [0.05, 0.1) is 12.8 Å². The van der Waals surface area contributed by atoms with Crippen LogP contribution in [0.5, 0.6) is 5.75 Å². The van der Waals surface area contributed by atoms with Crippen molar-refractivity contribution in [3.05, 3.63) is 48.2 Å². The molecule has 0 aliphatic heterocycles. The minimum atomic E-state index is -0.394. The van der Waals surface area contributed by atoms with Gasteiger partial charge >= 0.3 is 0 Å². The highest BCUT2D eigenvalue weighted by molar-refractivity contribution is 5.79. The number of hydrogen-bond donors (Lipinski definition) is 0. The van der Waals surface area contributed by atoms with E-state index in [0.717, 1.165) is 16.8 Å². The van der Waals surface area contributed by atoms with Gasteiger partial charge in [-0.2, -0.15) is 5.10 Å². The maximum atomic E-state index is 13.8. The number of fused-ring (bicyclic) bond motifs is 1. The Morgan fingerprint density at radius 1 is 1.32 bits per heavy atom. The average Bonchev–Trinajstić information content (AvgIpc) is 2.74. The second kappa shape index (κ2) is 4.35. The minimum absolute atomic E-state index is 0.228. The Hall–Kier alpha value is -2.43. The summed E-state index contributed by atoms with van der Waals surface area (Å²) in [5.74, 6) is -0.166. The summed E-state index contributed by atoms with van der Waals surface area (Å²) in [6, 6.07) is 6.66. The average molecular weight is 257 g/mol. The van der Waals surface area contributed by atoms with Crippen LogP contribution in [0.15, 0.2) is 36.7 Å². The van der Waals surface area contributed by atoms with Gasteiger partial charge in [0.15, 0.2) is 17.2 Å². The van der Waals surface area contributed by atoms with E-state index in [1.165, 1.54) is 13.2 Å². The van der Waals surface area contributed by atoms with Crippen LogP contribution in [0.1, 0.15) is 5.69 Å². The molecule has 0 saturated carbocycles. The molecule has 0 saturated heterocycles. The Labute approximate surface area is 109 Å². The molecule has 2 heterocycles. The molecule has 0 aliphatic rings. The summed E-state index contributed by atoms with van der Waals surface area (Å²) in [7, 11) is 1.44. The van der Waals surface area contributed by atoms with Crippen molar-refractivity contribution < 1.29 is 9.13 Å². The van der Waals surface area contributed by atoms with Crippen LogP contribution < -0.4 is 4.74 Å². The maximum absolute atomic E-state index is 13.8. The van der Waals surface area contributed by atoms with Gasteiger partial charge in [0, 0.05) is 18.0 Å². The molecule has 0 radical (unpaired) electrons. The van der Waals surface area contributed by atoms with Crippen molar-refractivity contribution in [1.29, 1.82) is 0 Å². The van der Waals surface area contributed by atoms with E-state index in [0.29, 0.717) is 5.65 Å². The molecule has 3 aromatic rings. The van der Waals surface area contributed by atoms with Crippen LogP contribution in [0.3, 0.4) is 0 Å². The van der Waals surface area contributed by atoms with Crippen LogP contribution in [0.4, 0.5) is 4.39 Å². The zero-order chi connectivity index (χ0) is 13.4. The Morgan fingerprint density at radius 3 is 2.89 bits per heavy atom. The summed E-state index contributed by atoms with van der Waals surface area (Å²) in [5.41, 5.74) is 3.10. The third-order valence-corrected chi connectivity index (χ3v) is 3.01. The predicted molar refractivity (Wildman–Crippen MR) is 69.7 cm³/mol. The summed E-state index contributed by atoms with van der Waals surface area (Å²) >= 11 is 0. The zero-order valence-corrected chi connectivity index (χ0v) is 10.6. The molecule has 0 N–H and O–H groups in total. The molecule has 96 valence electrons. The largest absolute Gasteiger partial charge is 0.494 e. The number of ether oxygens (including phenoxy) is 1. The van der Waals surface area contributed by atoms with Crippen molar-refractivity contribution in [1.82, 2.24) is 14.6 Å². The summed E-state index contributed by atoms with van der Waals surface area (Å²) in [6.45, 7) is 1.88. The van der Waals surface area contributed by atoms with Crippen molar-refractivity contribution >= 4 is 5.65 Å². The van der Waals surface area contributed by atoms with Crippen LogP contribution in [0.2, 0.25) is 0 Å². The number of aromatic nitrogens is 3. The van der Waals surface area contributed by atoms with Crippen LogP contribution in [-0.4, -0.2) is 21.7 Å². The number of halogens is 1. The van der Waals surface area contributed by atoms with Gasteiger partial charge in [0.2, 0.25) is 0 Å². The van der Waals surface area contributed by atoms with Crippen molar-refractivity contribution in [2.75, 3.05) is 7.11 Å². The van der Waals surface area contributed by atoms with E-state index >= 15 is 0 Å². The number of aryl methyl sites for hydroxylation is 1. The fourth-order valence-electron chi connectivity index (χ4n) is 2.16. The smallest absolute Gasteiger partial charge is 0.165 e. The summed E-state index contributed by atoms with van der Waals surface area (Å²) in [5, 5.41) is 4.36. The first-order valence-electron chi connectivity index (χ1n) is 5.84. The molecule has 0 aliphatic carbocycles. The third kappa shape index (κ3) is 1.83. The Balaban J connectivity index is 2.24. The van der Waals surface area contributed by atoms with Crippen molar-refractivity contribution in [2.45, 2.75) is 6.92 Å². The molecule has 4 nitrogen and oxygen atoms in total. The standard InChI is InChI=1S/C14H12FN3O/c1-9-13(14-16-6-3-7-18(14)17-9)10-4-5-12(19-2)11(15)8-10/h3-8H,1-2H3. The Morgan fingerprint density at radius 2 is 2.16 bits per heavy atom. The summed E-state index contributed by atoms with van der Waals surface area (Å²) in [6.07, 6.45) is 3.51. The number of hydrogen-bond acceptors (Lipinski definition) is 3. The second-order valence-electron chi connectivity index (χ2n) is 4.20. The molecule has 0 unspecified atom stereocenters. The highest BCUT2D eigenvalue weighted by Crippen LogP contribution is 2.30. The minimum Gasteiger partial charge on any atom is -0.494 e. The van der Waals surface area contributed by atoms with E-state index in [1.54, 1.807) is 28.9 Å². The fraction of sp³-hybridized carbons (Fsp3) is 0.143. The van der Waals surface area contributed by atoms with Gasteiger partial charge in [-0.25, -0.2) is 13.9 Å². The van der Waals surface area contributed by atoms with Crippen LogP contribution in [0, 0.1) is 12.7 Å². The fourth-order valence-corrected chi connectivity index (χ4v) is 2.16. The second-order valence-corrected chi connectivity index (χ2v) is 4.20. The number of rotatable bonds is 2. The van der Waals surface area contributed by atoms with Gasteiger partial charge in [-0.15, -0.1) is 0 Å². The summed E-state index contributed by atoms with van der Waals surface area (Å²) in [4.78, 5) is 4.30. The number of methoxy groups -OCH3 is 1. The van der Waals surface area contributed by atoms with Gasteiger partial charge in [-0.3, -0.25) is 0 Å². The van der Waals surface area contributed by atoms with E-state index in [9.17, 15) is 4.39 Å². The third-order valence-electron chi connectivity index (χ3n) is 3.01. The highest BCUT2D eigenvalue weighted by atomic mass is 19.1. The molecule has 0 bridgehead atoms. The van der Waals surface area contributed by atoms with E-state index < -0.39 is 5.82 Å². The number of benzene rings is 1. The monoisotopic (exact) mass is 257 g/mol. The molecule has 2 aromatic heterocycles. The van der Waals surface area contributed by atoms with Crippen LogP contribution in [0.25, 0.3) is 16.8 Å². The predicted octanol–water partition coefficient (Wildman–Crippen LogP) is 2.85. The molecular weight excluding hydrogens is 245 g/mol. The topological polar surface area (TPSA) is 39.4 Å². The SMILES string of the molecule is COc1ccc(-c2c(C)nn3cccnc23)cc1F. The van der Waals surface area contributed by atoms with Crippen molar-refractivity contribution in [2.24, 2.45) is 0 Å². The lowest BCUT2D eigenvalue weighted by Gasteiger charge is -2.04. The molecule has 19 heavy (non-hydrogen) atoms. The quantitative estimate of drug-likeness (QED) is 0.708. The first-order chi connectivity index (χ1) is 9.20. The lowest BCUT2D eigenvalue weighted by atomic mass is 10.1. The zero-order valence-electron chi connectivity index (χ0n) is 10.6. The van der Waals surface area contributed by atoms with E-state index in [-0.39, 0.29) is 5.75 Å². The molecule has 0 spiro atoms. The van der Waals surface area contributed by atoms with E-state index in [4.69, 9.17) is 4.74 Å². The Kier molecular flexibility index (Phi) is 2.67. The normalized spacial score (nSPS) is 10.9. The molecule has 0 fully saturated rings. The van der Waals surface area contributed by atoms with Gasteiger partial charge in [0.25, 0.3) is 0 Å². The van der Waals surface area contributed by atoms with Gasteiger partial charge < -0.3 is 4.74 Å². The van der Waals surface area contributed by atoms with Crippen LogP contribution >= 0.6 is 0 Å². The molecule has 3 rings (SSSR count). The first-order valence-corrected chi connectivity index (χ1v) is 5.84. The van der Waals surface area contributed by atoms with E-state index in [1.807, 2.05) is 13.1 Å². The van der Waals surface area contributed by atoms with Crippen molar-refractivity contribution in [3.8, 4) is 16.9 Å². The molecule has 5 heteroatoms. The van der Waals surface area contributed by atoms with Crippen LogP contribution in [-0.2, 0) is 0 Å². The van der Waals surface area contributed by atoms with Gasteiger partial charge in [0.1, 0.15) is 0 Å². The van der Waals surface area contributed by atoms with Gasteiger partial charge in [-0.05, 0) is 30.7 Å². The maximum Gasteiger partial charge on any atom is 0.165 e. The highest BCUT2D eigenvalue weighted by Gasteiger charge is 2.14. The molecule has 0 atom stereocenters. The lowest BCUT2D eigenvalue weighted by Crippen LogP contribution is -1.90. The van der Waals surface area contributed by atoms with Gasteiger partial charge in [-0.1, -0.05) is 6.07 Å². The Bertz CT molecular complexity index is 752. The van der Waals surface area contributed by atoms with Crippen molar-refractivity contribution in [3.63, 3.8) is 0 Å². The van der Waals surface area contributed by atoms with E-state index in [2.05, 4.69) is 10.1 Å². The molecular formula is C14H12FN3O. The summed E-state index contributed by atoms with van der Waals surface area (Å²) < 4.78 is 20.4. The first kappa shape index (κ1) is 11.6. The molecule has 1 aromatic carbocycles.